The van der Waals surface area contributed by atoms with E-state index in [0.717, 1.165) is 22.3 Å². The van der Waals surface area contributed by atoms with Crippen LogP contribution in [-0.2, 0) is 19.1 Å². The summed E-state index contributed by atoms with van der Waals surface area (Å²) in [4.78, 5) is 23.1. The third-order valence-corrected chi connectivity index (χ3v) is 4.65. The summed E-state index contributed by atoms with van der Waals surface area (Å²) in [7, 11) is 0. The summed E-state index contributed by atoms with van der Waals surface area (Å²) in [5.74, 6) is -1.66. The Hall–Kier alpha value is -2.70. The van der Waals surface area contributed by atoms with E-state index >= 15 is 0 Å². The van der Waals surface area contributed by atoms with E-state index in [1.54, 1.807) is 0 Å². The van der Waals surface area contributed by atoms with Crippen molar-refractivity contribution in [2.75, 3.05) is 13.2 Å². The normalized spacial score (nSPS) is 21.6. The number of carbonyl (C=O) groups is 2. The molecule has 128 valence electrons. The third-order valence-electron chi connectivity index (χ3n) is 4.65. The SMILES string of the molecule is O=C(OCC1c2ccccc2-c2ccccc21)[C@@H]1CO[C@@H](C(=O)O)N1. The fourth-order valence-electron chi connectivity index (χ4n) is 3.46. The topological polar surface area (TPSA) is 84.9 Å². The first-order valence-electron chi connectivity index (χ1n) is 8.10. The standard InChI is InChI=1S/C19H17NO5/c21-18(22)17-20-16(10-24-17)19(23)25-9-15-13-7-3-1-5-11(13)12-6-2-4-8-14(12)15/h1-8,15-17,20H,9-10H2,(H,21,22)/t16-,17-/m0/s1. The molecule has 4 rings (SSSR count). The van der Waals surface area contributed by atoms with Crippen LogP contribution < -0.4 is 5.32 Å². The number of ether oxygens (including phenoxy) is 2. The van der Waals surface area contributed by atoms with Gasteiger partial charge in [-0.05, 0) is 22.3 Å². The number of hydrogen-bond acceptors (Lipinski definition) is 5. The number of aliphatic carboxylic acids is 1. The first-order chi connectivity index (χ1) is 12.1. The quantitative estimate of drug-likeness (QED) is 0.826. The van der Waals surface area contributed by atoms with Crippen LogP contribution in [0.4, 0.5) is 0 Å². The van der Waals surface area contributed by atoms with Crippen LogP contribution in [0, 0.1) is 0 Å². The lowest BCUT2D eigenvalue weighted by Crippen LogP contribution is -2.41. The Morgan fingerprint density at radius 1 is 1.08 bits per heavy atom. The smallest absolute Gasteiger partial charge is 0.348 e. The van der Waals surface area contributed by atoms with Crippen LogP contribution in [0.1, 0.15) is 17.0 Å². The van der Waals surface area contributed by atoms with Crippen molar-refractivity contribution in [1.82, 2.24) is 5.32 Å². The minimum absolute atomic E-state index is 0.00631. The van der Waals surface area contributed by atoms with Gasteiger partial charge in [0.15, 0.2) is 0 Å². The van der Waals surface area contributed by atoms with Crippen molar-refractivity contribution in [1.29, 1.82) is 0 Å². The van der Waals surface area contributed by atoms with Gasteiger partial charge >= 0.3 is 11.9 Å². The van der Waals surface area contributed by atoms with E-state index in [-0.39, 0.29) is 19.1 Å². The maximum absolute atomic E-state index is 12.2. The average Bonchev–Trinajstić information content (AvgIpc) is 3.24. The first-order valence-corrected chi connectivity index (χ1v) is 8.10. The minimum atomic E-state index is -1.16. The summed E-state index contributed by atoms with van der Waals surface area (Å²) in [6.45, 7) is 0.205. The van der Waals surface area contributed by atoms with Crippen LogP contribution in [0.15, 0.2) is 48.5 Å². The Bertz CT molecular complexity index is 789. The Kier molecular flexibility index (Phi) is 3.99. The second-order valence-corrected chi connectivity index (χ2v) is 6.13. The number of carboxylic acid groups (broad SMARTS) is 1. The van der Waals surface area contributed by atoms with Crippen molar-refractivity contribution in [3.05, 3.63) is 59.7 Å². The lowest BCUT2D eigenvalue weighted by Gasteiger charge is -2.16. The summed E-state index contributed by atoms with van der Waals surface area (Å²) in [6, 6.07) is 15.4. The maximum atomic E-state index is 12.2. The predicted molar refractivity (Wildman–Crippen MR) is 89.0 cm³/mol. The summed E-state index contributed by atoms with van der Waals surface area (Å²) in [5.41, 5.74) is 4.59. The van der Waals surface area contributed by atoms with Crippen LogP contribution in [0.3, 0.4) is 0 Å². The molecule has 0 amide bonds. The Labute approximate surface area is 144 Å². The predicted octanol–water partition coefficient (Wildman–Crippen LogP) is 1.74. The van der Waals surface area contributed by atoms with E-state index in [4.69, 9.17) is 14.6 Å². The van der Waals surface area contributed by atoms with E-state index in [2.05, 4.69) is 17.4 Å². The summed E-state index contributed by atoms with van der Waals surface area (Å²) in [6.07, 6.45) is -1.16. The lowest BCUT2D eigenvalue weighted by atomic mass is 9.98. The van der Waals surface area contributed by atoms with Crippen LogP contribution in [0.5, 0.6) is 0 Å². The first kappa shape index (κ1) is 15.8. The molecule has 25 heavy (non-hydrogen) atoms. The van der Waals surface area contributed by atoms with Gasteiger partial charge in [0, 0.05) is 5.92 Å². The van der Waals surface area contributed by atoms with Crippen molar-refractivity contribution in [3.8, 4) is 11.1 Å². The van der Waals surface area contributed by atoms with Crippen molar-refractivity contribution in [2.24, 2.45) is 0 Å². The summed E-state index contributed by atoms with van der Waals surface area (Å²) < 4.78 is 10.5. The monoisotopic (exact) mass is 339 g/mol. The molecule has 2 atom stereocenters. The van der Waals surface area contributed by atoms with Crippen molar-refractivity contribution in [2.45, 2.75) is 18.2 Å². The highest BCUT2D eigenvalue weighted by atomic mass is 16.6. The molecule has 0 spiro atoms. The van der Waals surface area contributed by atoms with E-state index in [1.165, 1.54) is 0 Å². The van der Waals surface area contributed by atoms with Crippen LogP contribution >= 0.6 is 0 Å². The molecule has 0 bridgehead atoms. The highest BCUT2D eigenvalue weighted by Gasteiger charge is 2.36. The van der Waals surface area contributed by atoms with Gasteiger partial charge in [-0.15, -0.1) is 0 Å². The third kappa shape index (κ3) is 2.79. The Morgan fingerprint density at radius 2 is 1.68 bits per heavy atom. The number of hydrogen-bond donors (Lipinski definition) is 2. The molecule has 0 unspecified atom stereocenters. The maximum Gasteiger partial charge on any atom is 0.348 e. The van der Waals surface area contributed by atoms with Crippen molar-refractivity contribution < 1.29 is 24.2 Å². The molecule has 6 heteroatoms. The molecular weight excluding hydrogens is 322 g/mol. The molecule has 0 radical (unpaired) electrons. The van der Waals surface area contributed by atoms with Gasteiger partial charge in [-0.3, -0.25) is 10.1 Å². The second kappa shape index (κ2) is 6.31. The Morgan fingerprint density at radius 3 is 2.24 bits per heavy atom. The van der Waals surface area contributed by atoms with Gasteiger partial charge in [-0.2, -0.15) is 0 Å². The Balaban J connectivity index is 1.48. The number of nitrogens with one attached hydrogen (secondary N) is 1. The van der Waals surface area contributed by atoms with Crippen LogP contribution in [-0.4, -0.2) is 42.5 Å². The molecular formula is C19H17NO5. The average molecular weight is 339 g/mol. The van der Waals surface area contributed by atoms with Crippen LogP contribution in [0.25, 0.3) is 11.1 Å². The van der Waals surface area contributed by atoms with E-state index in [0.29, 0.717) is 0 Å². The fraction of sp³-hybridized carbons (Fsp3) is 0.263. The zero-order chi connectivity index (χ0) is 17.4. The molecule has 2 aromatic carbocycles. The van der Waals surface area contributed by atoms with Gasteiger partial charge in [0.05, 0.1) is 6.61 Å². The number of esters is 1. The molecule has 1 aliphatic heterocycles. The molecule has 2 aliphatic rings. The molecule has 1 aliphatic carbocycles. The number of benzene rings is 2. The molecule has 2 N–H and O–H groups in total. The zero-order valence-corrected chi connectivity index (χ0v) is 13.3. The van der Waals surface area contributed by atoms with Crippen molar-refractivity contribution in [3.63, 3.8) is 0 Å². The van der Waals surface area contributed by atoms with E-state index in [9.17, 15) is 9.59 Å². The van der Waals surface area contributed by atoms with Crippen molar-refractivity contribution >= 4 is 11.9 Å². The van der Waals surface area contributed by atoms with Gasteiger partial charge in [-0.1, -0.05) is 48.5 Å². The molecule has 2 aromatic rings. The largest absolute Gasteiger partial charge is 0.478 e. The molecule has 0 saturated carbocycles. The molecule has 1 saturated heterocycles. The van der Waals surface area contributed by atoms with E-state index in [1.807, 2.05) is 36.4 Å². The van der Waals surface area contributed by atoms with Gasteiger partial charge in [0.2, 0.25) is 6.23 Å². The van der Waals surface area contributed by atoms with Crippen LogP contribution in [0.2, 0.25) is 0 Å². The van der Waals surface area contributed by atoms with Gasteiger partial charge in [-0.25, -0.2) is 4.79 Å². The van der Waals surface area contributed by atoms with E-state index < -0.39 is 24.2 Å². The lowest BCUT2D eigenvalue weighted by molar-refractivity contribution is -0.148. The summed E-state index contributed by atoms with van der Waals surface area (Å²) >= 11 is 0. The minimum Gasteiger partial charge on any atom is -0.478 e. The molecule has 1 heterocycles. The highest BCUT2D eigenvalue weighted by Crippen LogP contribution is 2.44. The zero-order valence-electron chi connectivity index (χ0n) is 13.3. The van der Waals surface area contributed by atoms with Gasteiger partial charge in [0.25, 0.3) is 0 Å². The number of rotatable bonds is 4. The summed E-state index contributed by atoms with van der Waals surface area (Å²) in [5, 5.41) is 11.5. The fourth-order valence-corrected chi connectivity index (χ4v) is 3.46. The molecule has 0 aromatic heterocycles. The second-order valence-electron chi connectivity index (χ2n) is 6.13. The molecule has 6 nitrogen and oxygen atoms in total. The van der Waals surface area contributed by atoms with Gasteiger partial charge in [0.1, 0.15) is 12.6 Å². The van der Waals surface area contributed by atoms with Gasteiger partial charge < -0.3 is 14.6 Å². The highest BCUT2D eigenvalue weighted by molar-refractivity contribution is 5.81. The number of carboxylic acids is 1. The molecule has 1 fully saturated rings. The number of fused-ring (bicyclic) bond motifs is 3. The number of carbonyl (C=O) groups excluding carboxylic acids is 1.